The average molecular weight is 240 g/mol. The predicted octanol–water partition coefficient (Wildman–Crippen LogP) is 2.59. The van der Waals surface area contributed by atoms with Gasteiger partial charge in [0.25, 0.3) is 0 Å². The lowest BCUT2D eigenvalue weighted by Crippen LogP contribution is -2.45. The number of ether oxygens (including phenoxy) is 3. The Balaban J connectivity index is 1.63. The van der Waals surface area contributed by atoms with Crippen LogP contribution >= 0.6 is 0 Å². The molecular formula is C14H24O3. The van der Waals surface area contributed by atoms with Crippen LogP contribution in [-0.4, -0.2) is 32.2 Å². The molecule has 17 heavy (non-hydrogen) atoms. The molecule has 0 aromatic heterocycles. The summed E-state index contributed by atoms with van der Waals surface area (Å²) in [6.07, 6.45) is 5.53. The summed E-state index contributed by atoms with van der Waals surface area (Å²) >= 11 is 0. The van der Waals surface area contributed by atoms with E-state index in [2.05, 4.69) is 0 Å². The van der Waals surface area contributed by atoms with Gasteiger partial charge in [-0.3, -0.25) is 0 Å². The van der Waals surface area contributed by atoms with Crippen molar-refractivity contribution in [2.75, 3.05) is 20.3 Å². The summed E-state index contributed by atoms with van der Waals surface area (Å²) in [6, 6.07) is 0. The zero-order chi connectivity index (χ0) is 12.1. The first-order chi connectivity index (χ1) is 8.02. The number of hydrogen-bond donors (Lipinski definition) is 0. The predicted molar refractivity (Wildman–Crippen MR) is 64.7 cm³/mol. The maximum absolute atomic E-state index is 5.87. The van der Waals surface area contributed by atoms with Gasteiger partial charge in [0.2, 0.25) is 0 Å². The summed E-state index contributed by atoms with van der Waals surface area (Å²) in [4.78, 5) is 0. The summed E-state index contributed by atoms with van der Waals surface area (Å²) in [5.41, 5.74) is 0.309. The molecule has 2 saturated carbocycles. The van der Waals surface area contributed by atoms with Crippen LogP contribution in [0.1, 0.15) is 39.5 Å². The van der Waals surface area contributed by atoms with Crippen LogP contribution in [0.4, 0.5) is 0 Å². The number of rotatable bonds is 1. The zero-order valence-electron chi connectivity index (χ0n) is 11.2. The van der Waals surface area contributed by atoms with Crippen molar-refractivity contribution in [3.63, 3.8) is 0 Å². The summed E-state index contributed by atoms with van der Waals surface area (Å²) in [5, 5.41) is 0. The SMILES string of the molecule is COC1C[C@H]2CC3(COC(C)(C)OC3)C[C@@H]2C1. The summed E-state index contributed by atoms with van der Waals surface area (Å²) in [6.45, 7) is 5.78. The van der Waals surface area contributed by atoms with Crippen molar-refractivity contribution in [3.8, 4) is 0 Å². The van der Waals surface area contributed by atoms with E-state index < -0.39 is 0 Å². The van der Waals surface area contributed by atoms with Gasteiger partial charge in [-0.1, -0.05) is 0 Å². The second-order valence-corrected chi connectivity index (χ2v) is 6.73. The molecule has 3 rings (SSSR count). The van der Waals surface area contributed by atoms with Crippen LogP contribution in [0.3, 0.4) is 0 Å². The Bertz CT molecular complexity index is 274. The molecule has 0 amide bonds. The second-order valence-electron chi connectivity index (χ2n) is 6.73. The van der Waals surface area contributed by atoms with Crippen molar-refractivity contribution in [2.24, 2.45) is 17.3 Å². The molecule has 0 aromatic carbocycles. The molecule has 1 heterocycles. The third kappa shape index (κ3) is 2.13. The van der Waals surface area contributed by atoms with E-state index in [-0.39, 0.29) is 5.79 Å². The maximum atomic E-state index is 5.87. The third-order valence-electron chi connectivity index (χ3n) is 4.97. The van der Waals surface area contributed by atoms with Crippen molar-refractivity contribution in [3.05, 3.63) is 0 Å². The van der Waals surface area contributed by atoms with Gasteiger partial charge in [-0.05, 0) is 51.4 Å². The van der Waals surface area contributed by atoms with Crippen molar-refractivity contribution < 1.29 is 14.2 Å². The highest BCUT2D eigenvalue weighted by Crippen LogP contribution is 2.55. The quantitative estimate of drug-likeness (QED) is 0.705. The van der Waals surface area contributed by atoms with Gasteiger partial charge in [0.1, 0.15) is 0 Å². The average Bonchev–Trinajstić information content (AvgIpc) is 2.78. The van der Waals surface area contributed by atoms with Gasteiger partial charge in [0, 0.05) is 12.5 Å². The smallest absolute Gasteiger partial charge is 0.162 e. The molecule has 2 aliphatic carbocycles. The first-order valence-electron chi connectivity index (χ1n) is 6.83. The normalized spacial score (nSPS) is 39.7. The lowest BCUT2D eigenvalue weighted by Gasteiger charge is -2.42. The Morgan fingerprint density at radius 1 is 1.00 bits per heavy atom. The summed E-state index contributed by atoms with van der Waals surface area (Å²) in [5.74, 6) is 1.31. The van der Waals surface area contributed by atoms with E-state index in [0.717, 1.165) is 25.0 Å². The number of fused-ring (bicyclic) bond motifs is 1. The fraction of sp³-hybridized carbons (Fsp3) is 1.00. The molecule has 0 unspecified atom stereocenters. The lowest BCUT2D eigenvalue weighted by molar-refractivity contribution is -0.285. The van der Waals surface area contributed by atoms with E-state index in [1.165, 1.54) is 25.7 Å². The minimum atomic E-state index is -0.377. The molecule has 0 aromatic rings. The molecule has 3 fully saturated rings. The molecule has 1 spiro atoms. The lowest BCUT2D eigenvalue weighted by atomic mass is 9.84. The highest BCUT2D eigenvalue weighted by Gasteiger charge is 2.52. The standard InChI is InChI=1S/C14H24O3/c1-13(2)16-8-14(9-17-13)6-10-4-12(15-3)5-11(10)7-14/h10-12H,4-9H2,1-3H3/t10-,11-/m0/s1. The molecule has 1 aliphatic heterocycles. The Morgan fingerprint density at radius 3 is 2.00 bits per heavy atom. The van der Waals surface area contributed by atoms with E-state index in [9.17, 15) is 0 Å². The van der Waals surface area contributed by atoms with Gasteiger partial charge in [-0.25, -0.2) is 0 Å². The second kappa shape index (κ2) is 3.94. The fourth-order valence-electron chi connectivity index (χ4n) is 4.02. The molecule has 2 atom stereocenters. The molecule has 1 saturated heterocycles. The highest BCUT2D eigenvalue weighted by molar-refractivity contribution is 5.00. The minimum absolute atomic E-state index is 0.309. The van der Waals surface area contributed by atoms with Crippen LogP contribution in [0.5, 0.6) is 0 Å². The topological polar surface area (TPSA) is 27.7 Å². The zero-order valence-corrected chi connectivity index (χ0v) is 11.2. The monoisotopic (exact) mass is 240 g/mol. The van der Waals surface area contributed by atoms with Crippen LogP contribution < -0.4 is 0 Å². The Hall–Kier alpha value is -0.120. The van der Waals surface area contributed by atoms with Gasteiger partial charge in [-0.2, -0.15) is 0 Å². The first-order valence-corrected chi connectivity index (χ1v) is 6.83. The van der Waals surface area contributed by atoms with Crippen LogP contribution in [-0.2, 0) is 14.2 Å². The van der Waals surface area contributed by atoms with E-state index in [1.54, 1.807) is 0 Å². The summed E-state index contributed by atoms with van der Waals surface area (Å²) in [7, 11) is 1.84. The van der Waals surface area contributed by atoms with Crippen LogP contribution in [0, 0.1) is 17.3 Å². The van der Waals surface area contributed by atoms with Gasteiger partial charge < -0.3 is 14.2 Å². The molecule has 3 aliphatic rings. The van der Waals surface area contributed by atoms with Crippen LogP contribution in [0.15, 0.2) is 0 Å². The van der Waals surface area contributed by atoms with Crippen LogP contribution in [0.25, 0.3) is 0 Å². The number of methoxy groups -OCH3 is 1. The van der Waals surface area contributed by atoms with Crippen molar-refractivity contribution in [1.82, 2.24) is 0 Å². The van der Waals surface area contributed by atoms with Gasteiger partial charge in [0.15, 0.2) is 5.79 Å². The Kier molecular flexibility index (Phi) is 2.77. The molecule has 0 radical (unpaired) electrons. The molecule has 0 N–H and O–H groups in total. The van der Waals surface area contributed by atoms with E-state index in [0.29, 0.717) is 11.5 Å². The number of hydrogen-bond acceptors (Lipinski definition) is 3. The fourth-order valence-corrected chi connectivity index (χ4v) is 4.02. The first kappa shape index (κ1) is 11.9. The van der Waals surface area contributed by atoms with Gasteiger partial charge in [-0.15, -0.1) is 0 Å². The Morgan fingerprint density at radius 2 is 1.53 bits per heavy atom. The van der Waals surface area contributed by atoms with Crippen LogP contribution in [0.2, 0.25) is 0 Å². The maximum Gasteiger partial charge on any atom is 0.162 e. The van der Waals surface area contributed by atoms with Crippen molar-refractivity contribution in [1.29, 1.82) is 0 Å². The summed E-state index contributed by atoms with van der Waals surface area (Å²) < 4.78 is 17.2. The highest BCUT2D eigenvalue weighted by atomic mass is 16.7. The minimum Gasteiger partial charge on any atom is -0.381 e. The van der Waals surface area contributed by atoms with Gasteiger partial charge in [0.05, 0.1) is 19.3 Å². The molecular weight excluding hydrogens is 216 g/mol. The molecule has 3 nitrogen and oxygen atoms in total. The Labute approximate surface area is 104 Å². The third-order valence-corrected chi connectivity index (χ3v) is 4.97. The largest absolute Gasteiger partial charge is 0.381 e. The molecule has 3 heteroatoms. The van der Waals surface area contributed by atoms with E-state index in [4.69, 9.17) is 14.2 Å². The van der Waals surface area contributed by atoms with Crippen molar-refractivity contribution >= 4 is 0 Å². The van der Waals surface area contributed by atoms with Crippen molar-refractivity contribution in [2.45, 2.75) is 51.4 Å². The van der Waals surface area contributed by atoms with Gasteiger partial charge >= 0.3 is 0 Å². The molecule has 98 valence electrons. The van der Waals surface area contributed by atoms with E-state index in [1.807, 2.05) is 21.0 Å². The molecule has 0 bridgehead atoms. The van der Waals surface area contributed by atoms with E-state index >= 15 is 0 Å².